The third-order valence-electron chi connectivity index (χ3n) is 6.95. The molecule has 3 aliphatic rings. The van der Waals surface area contributed by atoms with Crippen LogP contribution in [0.4, 0.5) is 0 Å². The van der Waals surface area contributed by atoms with Gasteiger partial charge in [-0.25, -0.2) is 9.59 Å². The van der Waals surface area contributed by atoms with Crippen LogP contribution in [0.5, 0.6) is 0 Å². The van der Waals surface area contributed by atoms with Crippen molar-refractivity contribution in [2.24, 2.45) is 0 Å². The van der Waals surface area contributed by atoms with Gasteiger partial charge in [0.15, 0.2) is 8.68 Å². The van der Waals surface area contributed by atoms with Crippen molar-refractivity contribution in [3.8, 4) is 0 Å². The van der Waals surface area contributed by atoms with Gasteiger partial charge in [-0.1, -0.05) is 47.0 Å². The number of hydrogen-bond donors (Lipinski definition) is 4. The fraction of sp³-hybridized carbons (Fsp3) is 0.346. The monoisotopic (exact) mass is 693 g/mol. The molecular weight excluding hydrogens is 671 g/mol. The van der Waals surface area contributed by atoms with E-state index in [2.05, 4.69) is 15.5 Å². The van der Waals surface area contributed by atoms with E-state index in [-0.39, 0.29) is 53.3 Å². The number of carbonyl (C=O) groups excluding carboxylic acids is 4. The second kappa shape index (κ2) is 13.6. The van der Waals surface area contributed by atoms with E-state index in [1.807, 2.05) is 0 Å². The van der Waals surface area contributed by atoms with Crippen molar-refractivity contribution < 1.29 is 48.9 Å². The van der Waals surface area contributed by atoms with Crippen molar-refractivity contribution in [3.63, 3.8) is 0 Å². The van der Waals surface area contributed by atoms with Gasteiger partial charge in [-0.3, -0.25) is 33.8 Å². The maximum Gasteiger partial charge on any atom is 0.352 e. The summed E-state index contributed by atoms with van der Waals surface area (Å²) in [5.74, 6) is -5.96. The summed E-state index contributed by atoms with van der Waals surface area (Å²) in [5, 5.41) is 38.3. The molecule has 1 aromatic carbocycles. The third kappa shape index (κ3) is 6.70. The molecule has 45 heavy (non-hydrogen) atoms. The molecule has 5 rings (SSSR count). The summed E-state index contributed by atoms with van der Waals surface area (Å²) in [6, 6.07) is 3.56. The Morgan fingerprint density at radius 3 is 2.24 bits per heavy atom. The minimum absolute atomic E-state index is 0.00241. The molecule has 0 bridgehead atoms. The average molecular weight is 694 g/mol. The number of carboxylic acid groups (broad SMARTS) is 3. The highest BCUT2D eigenvalue weighted by molar-refractivity contribution is 8.03. The number of aromatic nitrogens is 2. The van der Waals surface area contributed by atoms with Crippen molar-refractivity contribution in [3.05, 3.63) is 46.7 Å². The van der Waals surface area contributed by atoms with Crippen molar-refractivity contribution in [2.75, 3.05) is 17.3 Å². The maximum absolute atomic E-state index is 13.0. The van der Waals surface area contributed by atoms with E-state index < -0.39 is 59.0 Å². The predicted molar refractivity (Wildman–Crippen MR) is 161 cm³/mol. The summed E-state index contributed by atoms with van der Waals surface area (Å²) in [7, 11) is 0. The van der Waals surface area contributed by atoms with Crippen LogP contribution in [-0.4, -0.2) is 112 Å². The van der Waals surface area contributed by atoms with Crippen LogP contribution in [0.15, 0.2) is 44.2 Å². The van der Waals surface area contributed by atoms with Crippen LogP contribution in [-0.2, 0) is 24.0 Å². The van der Waals surface area contributed by atoms with Crippen molar-refractivity contribution >= 4 is 88.2 Å². The van der Waals surface area contributed by atoms with Gasteiger partial charge in [-0.2, -0.15) is 0 Å². The fourth-order valence-electron chi connectivity index (χ4n) is 4.94. The second-order valence-corrected chi connectivity index (χ2v) is 14.3. The summed E-state index contributed by atoms with van der Waals surface area (Å²) in [6.45, 7) is 0. The van der Waals surface area contributed by atoms with Crippen LogP contribution in [0.3, 0.4) is 0 Å². The third-order valence-corrected chi connectivity index (χ3v) is 11.5. The zero-order valence-corrected chi connectivity index (χ0v) is 26.2. The van der Waals surface area contributed by atoms with Gasteiger partial charge < -0.3 is 20.6 Å². The number of thioether (sulfide) groups is 3. The first-order valence-electron chi connectivity index (χ1n) is 13.2. The molecule has 1 saturated heterocycles. The number of carboxylic acids is 3. The number of β-lactam (4-membered cyclic amide) rings is 1. The quantitative estimate of drug-likeness (QED) is 0.125. The lowest BCUT2D eigenvalue weighted by atomic mass is 10.0. The van der Waals surface area contributed by atoms with E-state index in [1.54, 1.807) is 12.1 Å². The molecule has 1 unspecified atom stereocenters. The molecule has 3 aliphatic heterocycles. The number of fused-ring (bicyclic) bond motifs is 2. The molecule has 0 aliphatic carbocycles. The molecule has 19 heteroatoms. The number of carbonyl (C=O) groups is 7. The second-order valence-electron chi connectivity index (χ2n) is 9.79. The van der Waals surface area contributed by atoms with Gasteiger partial charge in [0.25, 0.3) is 17.7 Å². The number of rotatable bonds is 14. The molecule has 1 fully saturated rings. The van der Waals surface area contributed by atoms with Crippen molar-refractivity contribution in [1.29, 1.82) is 0 Å². The first kappa shape index (κ1) is 32.5. The minimum atomic E-state index is -1.48. The van der Waals surface area contributed by atoms with Crippen LogP contribution in [0.2, 0.25) is 0 Å². The highest BCUT2D eigenvalue weighted by Crippen LogP contribution is 2.42. The van der Waals surface area contributed by atoms with E-state index >= 15 is 0 Å². The molecule has 15 nitrogen and oxygen atoms in total. The number of nitrogens with one attached hydrogen (secondary N) is 1. The number of benzene rings is 1. The van der Waals surface area contributed by atoms with Gasteiger partial charge in [0.2, 0.25) is 5.91 Å². The molecule has 4 amide bonds. The van der Waals surface area contributed by atoms with Crippen molar-refractivity contribution in [1.82, 2.24) is 25.3 Å². The fourth-order valence-corrected chi connectivity index (χ4v) is 9.16. The Balaban J connectivity index is 1.15. The molecule has 236 valence electrons. The van der Waals surface area contributed by atoms with Crippen LogP contribution in [0.25, 0.3) is 0 Å². The normalized spacial score (nSPS) is 19.6. The lowest BCUT2D eigenvalue weighted by molar-refractivity contribution is -0.150. The first-order valence-corrected chi connectivity index (χ1v) is 17.0. The van der Waals surface area contributed by atoms with Crippen LogP contribution in [0.1, 0.15) is 40.0 Å². The number of aliphatic carboxylic acids is 3. The largest absolute Gasteiger partial charge is 0.481 e. The van der Waals surface area contributed by atoms with Gasteiger partial charge in [0, 0.05) is 17.9 Å². The summed E-state index contributed by atoms with van der Waals surface area (Å²) in [4.78, 5) is 87.8. The molecule has 4 N–H and O–H groups in total. The zero-order valence-electron chi connectivity index (χ0n) is 22.9. The number of hydrogen-bond acceptors (Lipinski definition) is 13. The Bertz CT molecular complexity index is 1610. The lowest BCUT2D eigenvalue weighted by Crippen LogP contribution is -2.70. The van der Waals surface area contributed by atoms with Crippen LogP contribution in [0, 0.1) is 0 Å². The Morgan fingerprint density at radius 2 is 1.64 bits per heavy atom. The Kier molecular flexibility index (Phi) is 9.80. The summed E-state index contributed by atoms with van der Waals surface area (Å²) < 4.78 is 0.976. The summed E-state index contributed by atoms with van der Waals surface area (Å²) >= 11 is 4.70. The van der Waals surface area contributed by atoms with Crippen molar-refractivity contribution in [2.45, 2.75) is 45.4 Å². The van der Waals surface area contributed by atoms with Gasteiger partial charge in [-0.15, -0.1) is 22.0 Å². The standard InChI is InChI=1S/C26H23N5O10S4/c32-15(7-3-6-14(23(38)39)30-19(35)12-4-1-2-5-13(12)20(30)36)27-17-21(37)31-18(24(40)41)11(8-42-22(17)31)9-43-25-28-29-26(45-25)44-10-16(33)34/h1-2,4-5,14,17,22H,3,6-10H2,(H,27,32)(H,33,34)(H,38,39)(H,40,41)/t14?,17-,22+/m1/s1. The SMILES string of the molecule is O=C(O)CSc1nnc(SCC2=C(C(=O)O)N3C(=O)[C@@H](NC(=O)CCCC(C(=O)O)N4C(=O)c5ccccc5C4=O)[C@@H]3SC2)s1. The van der Waals surface area contributed by atoms with Gasteiger partial charge in [0.1, 0.15) is 23.2 Å². The summed E-state index contributed by atoms with van der Waals surface area (Å²) in [5.41, 5.74) is 0.539. The summed E-state index contributed by atoms with van der Waals surface area (Å²) in [6.07, 6.45) is -0.368. The molecule has 2 aromatic rings. The zero-order chi connectivity index (χ0) is 32.4. The van der Waals surface area contributed by atoms with E-state index in [1.165, 1.54) is 47.0 Å². The lowest BCUT2D eigenvalue weighted by Gasteiger charge is -2.49. The Labute approximate surface area is 270 Å². The number of amides is 4. The average Bonchev–Trinajstić information content (AvgIpc) is 3.57. The smallest absolute Gasteiger partial charge is 0.352 e. The van der Waals surface area contributed by atoms with Crippen LogP contribution < -0.4 is 5.32 Å². The van der Waals surface area contributed by atoms with Gasteiger partial charge in [-0.05, 0) is 30.5 Å². The number of imide groups is 1. The Morgan fingerprint density at radius 1 is 1.00 bits per heavy atom. The maximum atomic E-state index is 13.0. The van der Waals surface area contributed by atoms with E-state index in [4.69, 9.17) is 5.11 Å². The molecule has 0 spiro atoms. The molecule has 0 saturated carbocycles. The minimum Gasteiger partial charge on any atom is -0.481 e. The first-order chi connectivity index (χ1) is 21.5. The van der Waals surface area contributed by atoms with Gasteiger partial charge in [0.05, 0.1) is 16.9 Å². The van der Waals surface area contributed by atoms with Gasteiger partial charge >= 0.3 is 17.9 Å². The molecule has 3 atom stereocenters. The highest BCUT2D eigenvalue weighted by atomic mass is 32.2. The molecule has 4 heterocycles. The molecule has 0 radical (unpaired) electrons. The molecular formula is C26H23N5O10S4. The van der Waals surface area contributed by atoms with Crippen LogP contribution >= 0.6 is 46.6 Å². The topological polar surface area (TPSA) is 224 Å². The Hall–Kier alpha value is -3.94. The number of nitrogens with zero attached hydrogens (tertiary/aromatic N) is 4. The van der Waals surface area contributed by atoms with E-state index in [0.29, 0.717) is 19.2 Å². The van der Waals surface area contributed by atoms with E-state index in [0.717, 1.165) is 16.7 Å². The molecule has 1 aromatic heterocycles. The highest BCUT2D eigenvalue weighted by Gasteiger charge is 2.54. The predicted octanol–water partition coefficient (Wildman–Crippen LogP) is 1.47. The van der Waals surface area contributed by atoms with E-state index in [9.17, 15) is 43.8 Å².